The average molecular weight is 472 g/mol. The van der Waals surface area contributed by atoms with Crippen molar-refractivity contribution in [2.75, 3.05) is 17.2 Å². The Morgan fingerprint density at radius 3 is 2.68 bits per heavy atom. The molecule has 4 aromatic rings. The van der Waals surface area contributed by atoms with Gasteiger partial charge in [-0.05, 0) is 36.4 Å². The van der Waals surface area contributed by atoms with Gasteiger partial charge in [-0.15, -0.1) is 0 Å². The van der Waals surface area contributed by atoms with E-state index in [-0.39, 0.29) is 23.8 Å². The molecule has 4 N–H and O–H groups in total. The Kier molecular flexibility index (Phi) is 5.21. The van der Waals surface area contributed by atoms with E-state index in [0.29, 0.717) is 23.0 Å². The molecule has 0 spiro atoms. The molecular formula is C25H21N5O3S. The summed E-state index contributed by atoms with van der Waals surface area (Å²) in [7, 11) is 0. The smallest absolute Gasteiger partial charge is 0.257 e. The van der Waals surface area contributed by atoms with Crippen LogP contribution in [0.4, 0.5) is 10.8 Å². The molecule has 6 rings (SSSR count). The summed E-state index contributed by atoms with van der Waals surface area (Å²) in [5.41, 5.74) is 9.44. The lowest BCUT2D eigenvalue weighted by Gasteiger charge is -2.29. The van der Waals surface area contributed by atoms with Crippen LogP contribution in [-0.4, -0.2) is 29.4 Å². The van der Waals surface area contributed by atoms with Crippen LogP contribution in [0, 0.1) is 5.92 Å². The molecule has 9 heteroatoms. The lowest BCUT2D eigenvalue weighted by atomic mass is 9.87. The highest BCUT2D eigenvalue weighted by Gasteiger charge is 2.44. The highest BCUT2D eigenvalue weighted by Crippen LogP contribution is 2.39. The zero-order valence-corrected chi connectivity index (χ0v) is 18.8. The van der Waals surface area contributed by atoms with E-state index in [1.807, 2.05) is 60.7 Å². The molecule has 0 saturated carbocycles. The first kappa shape index (κ1) is 20.8. The summed E-state index contributed by atoms with van der Waals surface area (Å²) in [5, 5.41) is 6.35. The molecule has 3 unspecified atom stereocenters. The number of carbonyl (C=O) groups is 2. The van der Waals surface area contributed by atoms with Crippen molar-refractivity contribution in [3.8, 4) is 5.75 Å². The highest BCUT2D eigenvalue weighted by atomic mass is 32.1. The van der Waals surface area contributed by atoms with Crippen LogP contribution in [0.1, 0.15) is 22.0 Å². The molecule has 2 amide bonds. The molecule has 0 radical (unpaired) electrons. The van der Waals surface area contributed by atoms with Gasteiger partial charge >= 0.3 is 0 Å². The van der Waals surface area contributed by atoms with Crippen LogP contribution in [-0.2, 0) is 4.79 Å². The second kappa shape index (κ2) is 8.53. The van der Waals surface area contributed by atoms with Gasteiger partial charge in [0.25, 0.3) is 5.91 Å². The number of nitrogens with one attached hydrogen (secondary N) is 4. The third-order valence-electron chi connectivity index (χ3n) is 6.13. The zero-order valence-electron chi connectivity index (χ0n) is 17.9. The van der Waals surface area contributed by atoms with Crippen molar-refractivity contribution in [1.82, 2.24) is 15.8 Å². The van der Waals surface area contributed by atoms with Crippen molar-refractivity contribution in [2.24, 2.45) is 5.92 Å². The van der Waals surface area contributed by atoms with Gasteiger partial charge in [-0.1, -0.05) is 47.7 Å². The Labute approximate surface area is 199 Å². The number of hydrogen-bond donors (Lipinski definition) is 4. The number of carbonyl (C=O) groups excluding carboxylic acids is 2. The predicted molar refractivity (Wildman–Crippen MR) is 131 cm³/mol. The number of rotatable bonds is 4. The fourth-order valence-corrected chi connectivity index (χ4v) is 5.34. The monoisotopic (exact) mass is 471 g/mol. The molecule has 34 heavy (non-hydrogen) atoms. The van der Waals surface area contributed by atoms with Crippen LogP contribution < -0.4 is 26.2 Å². The fraction of sp³-hybridized carbons (Fsp3) is 0.160. The Balaban J connectivity index is 1.16. The van der Waals surface area contributed by atoms with Gasteiger partial charge in [0.15, 0.2) is 5.13 Å². The molecule has 8 nitrogen and oxygen atoms in total. The molecule has 0 aliphatic carbocycles. The van der Waals surface area contributed by atoms with E-state index in [1.165, 1.54) is 11.3 Å². The molecule has 2 aliphatic rings. The van der Waals surface area contributed by atoms with Gasteiger partial charge in [-0.25, -0.2) is 15.8 Å². The van der Waals surface area contributed by atoms with Gasteiger partial charge in [0.05, 0.1) is 22.9 Å². The molecule has 1 aromatic heterocycles. The third kappa shape index (κ3) is 3.79. The van der Waals surface area contributed by atoms with Gasteiger partial charge in [0.1, 0.15) is 11.8 Å². The molecule has 3 aromatic carbocycles. The molecule has 3 heterocycles. The first-order chi connectivity index (χ1) is 16.7. The highest BCUT2D eigenvalue weighted by molar-refractivity contribution is 7.22. The molecule has 170 valence electrons. The number of aromatic nitrogens is 1. The minimum absolute atomic E-state index is 0.0143. The second-order valence-electron chi connectivity index (χ2n) is 8.27. The number of thiazole rings is 1. The van der Waals surface area contributed by atoms with Crippen LogP contribution in [0.2, 0.25) is 0 Å². The maximum atomic E-state index is 13.1. The van der Waals surface area contributed by atoms with Crippen LogP contribution in [0.15, 0.2) is 72.8 Å². The van der Waals surface area contributed by atoms with Crippen molar-refractivity contribution >= 4 is 44.2 Å². The Morgan fingerprint density at radius 2 is 1.79 bits per heavy atom. The number of hydrogen-bond acceptors (Lipinski definition) is 7. The van der Waals surface area contributed by atoms with E-state index in [2.05, 4.69) is 26.5 Å². The summed E-state index contributed by atoms with van der Waals surface area (Å²) in [6.07, 6.45) is 0. The normalized spacial score (nSPS) is 20.8. The summed E-state index contributed by atoms with van der Waals surface area (Å²) in [5.74, 6) is 0.482. The van der Waals surface area contributed by atoms with Crippen LogP contribution in [0.3, 0.4) is 0 Å². The number of anilines is 2. The Hall–Kier alpha value is -3.79. The van der Waals surface area contributed by atoms with E-state index in [4.69, 9.17) is 4.74 Å². The van der Waals surface area contributed by atoms with Gasteiger partial charge in [0.2, 0.25) is 5.91 Å². The molecule has 0 bridgehead atoms. The maximum absolute atomic E-state index is 13.1. The quantitative estimate of drug-likeness (QED) is 0.362. The maximum Gasteiger partial charge on any atom is 0.257 e. The molecule has 1 saturated heterocycles. The van der Waals surface area contributed by atoms with Gasteiger partial charge in [-0.2, -0.15) is 0 Å². The molecule has 1 fully saturated rings. The topological polar surface area (TPSA) is 104 Å². The minimum Gasteiger partial charge on any atom is -0.493 e. The molecule has 3 atom stereocenters. The van der Waals surface area contributed by atoms with Crippen LogP contribution in [0.5, 0.6) is 5.75 Å². The number of fused-ring (bicyclic) bond motifs is 4. The average Bonchev–Trinajstić information content (AvgIpc) is 3.48. The Bertz CT molecular complexity index is 1390. The number of amides is 2. The zero-order chi connectivity index (χ0) is 23.1. The first-order valence-electron chi connectivity index (χ1n) is 11.0. The van der Waals surface area contributed by atoms with Crippen molar-refractivity contribution in [3.05, 3.63) is 83.9 Å². The van der Waals surface area contributed by atoms with E-state index < -0.39 is 6.04 Å². The number of para-hydroxylation sites is 1. The third-order valence-corrected chi connectivity index (χ3v) is 7.06. The van der Waals surface area contributed by atoms with Crippen molar-refractivity contribution in [3.63, 3.8) is 0 Å². The number of ether oxygens (including phenoxy) is 1. The van der Waals surface area contributed by atoms with Crippen LogP contribution in [0.25, 0.3) is 10.2 Å². The predicted octanol–water partition coefficient (Wildman–Crippen LogP) is 3.71. The number of hydrazine groups is 1. The summed E-state index contributed by atoms with van der Waals surface area (Å²) in [4.78, 5) is 30.0. The van der Waals surface area contributed by atoms with Crippen molar-refractivity contribution in [2.45, 2.75) is 12.1 Å². The van der Waals surface area contributed by atoms with Gasteiger partial charge in [-0.3, -0.25) is 14.9 Å². The largest absolute Gasteiger partial charge is 0.493 e. The van der Waals surface area contributed by atoms with Crippen molar-refractivity contribution < 1.29 is 14.3 Å². The fourth-order valence-electron chi connectivity index (χ4n) is 4.44. The first-order valence-corrected chi connectivity index (χ1v) is 11.8. The lowest BCUT2D eigenvalue weighted by molar-refractivity contribution is -0.119. The van der Waals surface area contributed by atoms with E-state index in [0.717, 1.165) is 21.5 Å². The molecular weight excluding hydrogens is 450 g/mol. The standard InChI is InChI=1S/C25H21N5O3S/c31-23(14-6-2-1-3-7-14)28-25-27-18-11-10-15(12-20(18)34-25)26-24(32)22-17-13-33-19-9-5-4-8-16(19)21(17)29-30-22/h1-12,17,21-22,29-30H,13H2,(H,26,32)(H,27,28,31). The van der Waals surface area contributed by atoms with Crippen LogP contribution >= 0.6 is 11.3 Å². The summed E-state index contributed by atoms with van der Waals surface area (Å²) >= 11 is 1.36. The SMILES string of the molecule is O=C(Nc1nc2ccc(NC(=O)C3NNC4c5ccccc5OCC34)cc2s1)c1ccccc1. The summed E-state index contributed by atoms with van der Waals surface area (Å²) in [6, 6.07) is 22.0. The number of nitrogens with zero attached hydrogens (tertiary/aromatic N) is 1. The van der Waals surface area contributed by atoms with Gasteiger partial charge < -0.3 is 10.1 Å². The Morgan fingerprint density at radius 1 is 0.971 bits per heavy atom. The minimum atomic E-state index is -0.434. The van der Waals surface area contributed by atoms with E-state index in [1.54, 1.807) is 12.1 Å². The molecule has 2 aliphatic heterocycles. The lowest BCUT2D eigenvalue weighted by Crippen LogP contribution is -2.43. The van der Waals surface area contributed by atoms with E-state index in [9.17, 15) is 9.59 Å². The number of benzene rings is 3. The van der Waals surface area contributed by atoms with E-state index >= 15 is 0 Å². The summed E-state index contributed by atoms with van der Waals surface area (Å²) in [6.45, 7) is 0.456. The van der Waals surface area contributed by atoms with Crippen molar-refractivity contribution in [1.29, 1.82) is 0 Å². The summed E-state index contributed by atoms with van der Waals surface area (Å²) < 4.78 is 6.76. The second-order valence-corrected chi connectivity index (χ2v) is 9.30. The van der Waals surface area contributed by atoms with Gasteiger partial charge in [0, 0.05) is 22.7 Å².